The Bertz CT molecular complexity index is 6190. The molecular formula is C84H63B4Br7Cl2F3I3K2O14. The van der Waals surface area contributed by atoms with Gasteiger partial charge in [-0.2, -0.15) is 0 Å². The van der Waals surface area contributed by atoms with Crippen molar-refractivity contribution >= 4 is 341 Å². The summed E-state index contributed by atoms with van der Waals surface area (Å²) in [6, 6.07) is 85.3. The van der Waals surface area contributed by atoms with Crippen LogP contribution in [-0.2, 0) is 9.68 Å². The number of phenolic OH excluding ortho intramolecular Hbond substituents is 1. The smallest absolute Gasteiger partial charge is 1.00 e. The van der Waals surface area contributed by atoms with Crippen molar-refractivity contribution in [1.82, 2.24) is 0 Å². The molecule has 119 heavy (non-hydrogen) atoms. The first-order valence-corrected chi connectivity index (χ1v) is 43.1. The fourth-order valence-electron chi connectivity index (χ4n) is 11.6. The normalized spacial score (nSPS) is 10.0. The van der Waals surface area contributed by atoms with Gasteiger partial charge in [0, 0.05) is 70.7 Å². The number of ether oxygens (including phenoxy) is 2. The molecule has 17 rings (SSSR count). The summed E-state index contributed by atoms with van der Waals surface area (Å²) >= 11 is 35.4. The predicted octanol–water partition coefficient (Wildman–Crippen LogP) is 18.3. The zero-order valence-corrected chi connectivity index (χ0v) is 88.3. The molecule has 0 aliphatic rings. The molecule has 2 aromatic heterocycles. The van der Waals surface area contributed by atoms with E-state index in [9.17, 15) is 38.4 Å². The molecule has 14 nitrogen and oxygen atoms in total. The van der Waals surface area contributed by atoms with Gasteiger partial charge in [0.2, 0.25) is 0 Å². The third kappa shape index (κ3) is 32.2. The molecular weight excluding hydrogens is 2420 g/mol. The summed E-state index contributed by atoms with van der Waals surface area (Å²) in [6.07, 6.45) is 0. The number of rotatable bonds is 7. The second kappa shape index (κ2) is 54.4. The zero-order chi connectivity index (χ0) is 84.3. The van der Waals surface area contributed by atoms with Gasteiger partial charge in [-0.1, -0.05) is 238 Å². The predicted molar refractivity (Wildman–Crippen MR) is 526 cm³/mol. The fraction of sp³-hybridized carbons (Fsp3) is 0.0357. The molecule has 0 amide bonds. The van der Waals surface area contributed by atoms with Gasteiger partial charge in [0.15, 0.2) is 0 Å². The number of aromatic hydroxyl groups is 1. The van der Waals surface area contributed by atoms with E-state index in [1.54, 1.807) is 67.8 Å². The largest absolute Gasteiger partial charge is 1.00 e. The van der Waals surface area contributed by atoms with Crippen LogP contribution >= 0.6 is 203 Å². The molecule has 0 unspecified atom stereocenters. The molecule has 0 radical (unpaired) electrons. The number of methoxy groups -OCH3 is 2. The van der Waals surface area contributed by atoms with E-state index in [0.29, 0.717) is 52.7 Å². The number of phenols is 1. The van der Waals surface area contributed by atoms with Gasteiger partial charge in [-0.15, -0.1) is 94.4 Å². The molecule has 17 aromatic rings. The maximum atomic E-state index is 14.2. The molecule has 2 heterocycles. The van der Waals surface area contributed by atoms with E-state index in [1.165, 1.54) is 69.2 Å². The Morgan fingerprint density at radius 2 is 0.739 bits per heavy atom. The molecule has 35 heteroatoms. The third-order valence-corrected chi connectivity index (χ3v) is 19.5. The minimum atomic E-state index is -1.51. The summed E-state index contributed by atoms with van der Waals surface area (Å²) in [6.45, 7) is -0.181. The van der Waals surface area contributed by atoms with Crippen LogP contribution in [0.1, 0.15) is 1.43 Å². The zero-order valence-electron chi connectivity index (χ0n) is 63.8. The summed E-state index contributed by atoms with van der Waals surface area (Å²) in [4.78, 5) is 10.1. The standard InChI is InChI=1S/C17H12BrFO.C16H11BO3.C16H10BrFO.C16H9BrO.C11H11BO3.C6H3BrFI.CH2Cl2.CH2O3.BBr3.BH2IO2.HI.2K.H/c1-20-17-9-12-5-3-2-4-11(12)8-15(17)14-7-6-13(18)10-16(14)19;18-17(19)12-5-6-13-14-7-10-3-1-2-4-11(10)8-15(14)20-16(13)9-12;17-12-5-6-13(15(18)9-12)14-7-10-3-1-2-4-11(10)8-16(14)19;17-12-5-6-13-14-7-10-3-1-2-4-11(10)8-15(14)18-16(13)9-12;1-15-11-7-9-5-3-2-4-8(9)6-10(11)12(13)14;7-4-1-2-6(9)5(8)3-4;2-1-3;2-1-4-3;2*2-1(3)4;;;;/h2-10H,1H3;1-9,18-19H;1-9,19H;1-9H;2-7,13-14H,1H3;1-3H;1H2;1,3H;;3-4H;1H;;;/q;;;;;;;;;;;2*+1;-1/p-1. The van der Waals surface area contributed by atoms with Gasteiger partial charge in [-0.25, -0.2) is 13.2 Å². The van der Waals surface area contributed by atoms with Crippen LogP contribution in [-0.4, -0.2) is 83.7 Å². The SMILES string of the molecule is BrB(Br)Br.Brc1ccc2c(c1)oc1cc3ccccc3cc12.COc1cc2ccccc2cc1-c1ccc(Br)cc1F.COc1cc2ccccc2cc1B(O)O.ClCCl.Fc1cc(Br)ccc1I.I.O=CO[O-].OB(O)I.OB(O)c1ccc2c(c1)oc1cc3ccccc3cc12.Oc1cc2ccccc2cc1-c1ccc(Br)cc1F.[H-].[K+].[K+]. The number of benzene rings is 15. The Morgan fingerprint density at radius 3 is 1.12 bits per heavy atom. The average Bonchev–Trinajstić information content (AvgIpc) is 1.50. The van der Waals surface area contributed by atoms with Crippen molar-refractivity contribution < 1.29 is 186 Å². The van der Waals surface area contributed by atoms with Crippen molar-refractivity contribution in [3.63, 3.8) is 0 Å². The fourth-order valence-corrected chi connectivity index (χ4v) is 13.3. The molecule has 0 fully saturated rings. The topological polar surface area (TPSA) is 236 Å². The summed E-state index contributed by atoms with van der Waals surface area (Å²) in [5.74, 6) is 0.437. The number of halogens is 15. The van der Waals surface area contributed by atoms with Gasteiger partial charge in [-0.05, 0) is 203 Å². The van der Waals surface area contributed by atoms with Crippen LogP contribution in [0.4, 0.5) is 13.2 Å². The van der Waals surface area contributed by atoms with Crippen molar-refractivity contribution in [1.29, 1.82) is 0 Å². The molecule has 602 valence electrons. The first-order valence-electron chi connectivity index (χ1n) is 33.8. The molecule has 15 aromatic carbocycles. The van der Waals surface area contributed by atoms with Gasteiger partial charge in [-0.3, -0.25) is 4.79 Å². The number of carbonyl (C=O) groups is 1. The van der Waals surface area contributed by atoms with Gasteiger partial charge < -0.3 is 65.1 Å². The molecule has 0 spiro atoms. The minimum absolute atomic E-state index is 0. The summed E-state index contributed by atoms with van der Waals surface area (Å²) in [5, 5.41) is 85.8. The number of furan rings is 2. The van der Waals surface area contributed by atoms with Crippen molar-refractivity contribution in [3.8, 4) is 39.5 Å². The van der Waals surface area contributed by atoms with Gasteiger partial charge in [0.05, 0.1) is 19.6 Å². The number of hydrogen-bond acceptors (Lipinski definition) is 14. The van der Waals surface area contributed by atoms with Gasteiger partial charge >= 0.3 is 125 Å². The minimum Gasteiger partial charge on any atom is -1.00 e. The Kier molecular flexibility index (Phi) is 48.8. The van der Waals surface area contributed by atoms with Crippen LogP contribution in [0.3, 0.4) is 0 Å². The van der Waals surface area contributed by atoms with E-state index in [4.69, 9.17) is 61.6 Å². The van der Waals surface area contributed by atoms with Gasteiger partial charge in [0.25, 0.3) is 6.47 Å². The summed E-state index contributed by atoms with van der Waals surface area (Å²) < 4.78 is 67.1. The van der Waals surface area contributed by atoms with E-state index in [1.807, 2.05) is 168 Å². The summed E-state index contributed by atoms with van der Waals surface area (Å²) in [5.41, 5.74) is 6.36. The third-order valence-electron chi connectivity index (χ3n) is 16.6. The molecule has 0 saturated carbocycles. The second-order valence-corrected chi connectivity index (χ2v) is 37.1. The van der Waals surface area contributed by atoms with Crippen LogP contribution in [0.5, 0.6) is 17.2 Å². The molecule has 0 saturated heterocycles. The van der Waals surface area contributed by atoms with Crippen LogP contribution in [0.25, 0.3) is 120 Å². The van der Waals surface area contributed by atoms with E-state index < -0.39 is 19.2 Å². The van der Waals surface area contributed by atoms with Crippen LogP contribution in [0.15, 0.2) is 300 Å². The first kappa shape index (κ1) is 107. The van der Waals surface area contributed by atoms with E-state index in [-0.39, 0.29) is 166 Å². The first-order chi connectivity index (χ1) is 55.6. The Morgan fingerprint density at radius 1 is 0.429 bits per heavy atom. The number of fused-ring (bicyclic) bond motifs is 11. The van der Waals surface area contributed by atoms with E-state index >= 15 is 0 Å². The molecule has 0 bridgehead atoms. The monoisotopic (exact) mass is 2480 g/mol. The van der Waals surface area contributed by atoms with Crippen LogP contribution < -0.4 is 128 Å². The van der Waals surface area contributed by atoms with E-state index in [0.717, 1.165) is 89.6 Å². The molecule has 7 N–H and O–H groups in total. The van der Waals surface area contributed by atoms with Crippen LogP contribution in [0, 0.1) is 21.0 Å². The van der Waals surface area contributed by atoms with Gasteiger partial charge in [0.1, 0.15) is 57.0 Å². The number of alkyl halides is 2. The Hall–Kier alpha value is -2.76. The Balaban J connectivity index is 0.000000293. The van der Waals surface area contributed by atoms with Crippen molar-refractivity contribution in [3.05, 3.63) is 312 Å². The quantitative estimate of drug-likeness (QED) is 0.0150. The van der Waals surface area contributed by atoms with Crippen molar-refractivity contribution in [2.75, 3.05) is 19.6 Å². The molecule has 0 aliphatic carbocycles. The van der Waals surface area contributed by atoms with E-state index in [2.05, 4.69) is 164 Å². The maximum absolute atomic E-state index is 14.2. The number of carbonyl (C=O) groups excluding carboxylic acids is 1. The maximum Gasteiger partial charge on any atom is 1.00 e. The average molecular weight is 2490 g/mol. The Labute approximate surface area is 883 Å². The van der Waals surface area contributed by atoms with Crippen LogP contribution in [0.2, 0.25) is 0 Å². The number of hydrogen-bond donors (Lipinski definition) is 7. The summed E-state index contributed by atoms with van der Waals surface area (Å²) in [7, 11) is 0.122. The van der Waals surface area contributed by atoms with Crippen molar-refractivity contribution in [2.24, 2.45) is 0 Å². The molecule has 0 aliphatic heterocycles. The van der Waals surface area contributed by atoms with Crippen molar-refractivity contribution in [2.45, 2.75) is 0 Å². The second-order valence-electron chi connectivity index (χ2n) is 24.0. The molecule has 0 atom stereocenters.